The van der Waals surface area contributed by atoms with Crippen molar-refractivity contribution in [2.75, 3.05) is 0 Å². The summed E-state index contributed by atoms with van der Waals surface area (Å²) >= 11 is 0. The number of hydrogen-bond acceptors (Lipinski definition) is 4. The van der Waals surface area contributed by atoms with E-state index in [0.717, 1.165) is 17.5 Å². The summed E-state index contributed by atoms with van der Waals surface area (Å²) in [6.45, 7) is 5.84. The van der Waals surface area contributed by atoms with Crippen LogP contribution >= 0.6 is 0 Å². The Kier molecular flexibility index (Phi) is 6.22. The fourth-order valence-electron chi connectivity index (χ4n) is 2.98. The average Bonchev–Trinajstić information content (AvgIpc) is 3.14. The number of hydrogen-bond donors (Lipinski definition) is 0. The summed E-state index contributed by atoms with van der Waals surface area (Å²) in [5.41, 5.74) is 2.05. The molecule has 0 aliphatic carbocycles. The summed E-state index contributed by atoms with van der Waals surface area (Å²) in [6.07, 6.45) is 3.03. The molecule has 154 valence electrons. The molecule has 0 unspecified atom stereocenters. The normalized spacial score (nSPS) is 11.2. The van der Waals surface area contributed by atoms with Gasteiger partial charge in [0.05, 0.1) is 5.82 Å². The first kappa shape index (κ1) is 21.9. The van der Waals surface area contributed by atoms with Crippen molar-refractivity contribution in [1.29, 1.82) is 0 Å². The van der Waals surface area contributed by atoms with Crippen molar-refractivity contribution in [2.24, 2.45) is 0 Å². The van der Waals surface area contributed by atoms with Crippen molar-refractivity contribution < 1.29 is 29.8 Å². The van der Waals surface area contributed by atoms with Gasteiger partial charge in [0.2, 0.25) is 0 Å². The number of aromatic nitrogens is 5. The van der Waals surface area contributed by atoms with Crippen molar-refractivity contribution in [1.82, 2.24) is 24.7 Å². The van der Waals surface area contributed by atoms with Gasteiger partial charge in [0.1, 0.15) is 11.9 Å². The van der Waals surface area contributed by atoms with Gasteiger partial charge in [-0.15, -0.1) is 12.1 Å². The van der Waals surface area contributed by atoms with Gasteiger partial charge in [-0.3, -0.25) is 15.1 Å². The molecule has 0 amide bonds. The first-order valence-electron chi connectivity index (χ1n) is 8.98. The van der Waals surface area contributed by atoms with E-state index < -0.39 is 17.3 Å². The molecule has 0 saturated heterocycles. The molecule has 0 bridgehead atoms. The van der Waals surface area contributed by atoms with Gasteiger partial charge >= 0.3 is 21.1 Å². The van der Waals surface area contributed by atoms with Crippen molar-refractivity contribution in [3.8, 4) is 17.1 Å². The zero-order chi connectivity index (χ0) is 20.6. The molecule has 0 spiro atoms. The molecule has 4 aromatic heterocycles. The maximum atomic E-state index is 14.1. The molecule has 0 aliphatic rings. The van der Waals surface area contributed by atoms with Crippen LogP contribution in [0, 0.1) is 31.1 Å². The van der Waals surface area contributed by atoms with E-state index in [1.54, 1.807) is 22.9 Å². The number of halogens is 2. The molecule has 0 saturated carbocycles. The first-order chi connectivity index (χ1) is 13.8. The van der Waals surface area contributed by atoms with E-state index in [9.17, 15) is 8.78 Å². The van der Waals surface area contributed by atoms with E-state index in [0.29, 0.717) is 17.2 Å². The van der Waals surface area contributed by atoms with Gasteiger partial charge in [-0.05, 0) is 37.4 Å². The SMILES string of the molecule is Cc1c[c-]n(-c2cccc(C(C)(C)c3cccc(-c4[c-]cc(F)nc4F)n3)n2)n1.[Pt+2]. The summed E-state index contributed by atoms with van der Waals surface area (Å²) in [4.78, 5) is 12.5. The van der Waals surface area contributed by atoms with Crippen molar-refractivity contribution in [2.45, 2.75) is 26.2 Å². The Hall–Kier alpha value is -2.79. The third-order valence-electron chi connectivity index (χ3n) is 4.64. The zero-order valence-corrected chi connectivity index (χ0v) is 18.7. The zero-order valence-electron chi connectivity index (χ0n) is 16.4. The Morgan fingerprint density at radius 3 is 2.30 bits per heavy atom. The van der Waals surface area contributed by atoms with Gasteiger partial charge in [0, 0.05) is 16.8 Å². The minimum atomic E-state index is -0.947. The maximum absolute atomic E-state index is 14.1. The molecule has 4 heterocycles. The van der Waals surface area contributed by atoms with Crippen LogP contribution in [0.15, 0.2) is 48.5 Å². The quantitative estimate of drug-likeness (QED) is 0.266. The summed E-state index contributed by atoms with van der Waals surface area (Å²) in [5, 5.41) is 4.35. The van der Waals surface area contributed by atoms with Crippen LogP contribution in [0.5, 0.6) is 0 Å². The second-order valence-corrected chi connectivity index (χ2v) is 7.13. The Morgan fingerprint density at radius 2 is 1.63 bits per heavy atom. The van der Waals surface area contributed by atoms with E-state index in [1.807, 2.05) is 45.0 Å². The van der Waals surface area contributed by atoms with Crippen LogP contribution in [-0.4, -0.2) is 24.7 Å². The molecular formula is C22H17F2N5Pt. The van der Waals surface area contributed by atoms with Crippen LogP contribution in [0.3, 0.4) is 0 Å². The molecule has 5 nitrogen and oxygen atoms in total. The molecule has 0 atom stereocenters. The largest absolute Gasteiger partial charge is 2.00 e. The van der Waals surface area contributed by atoms with Gasteiger partial charge in [-0.2, -0.15) is 0 Å². The van der Waals surface area contributed by atoms with Crippen LogP contribution in [0.4, 0.5) is 8.78 Å². The molecule has 4 aromatic rings. The van der Waals surface area contributed by atoms with E-state index in [-0.39, 0.29) is 26.6 Å². The molecule has 8 heteroatoms. The molecule has 0 radical (unpaired) electrons. The van der Waals surface area contributed by atoms with Gasteiger partial charge in [-0.1, -0.05) is 49.0 Å². The third-order valence-corrected chi connectivity index (χ3v) is 4.64. The first-order valence-corrected chi connectivity index (χ1v) is 8.98. The Balaban J connectivity index is 0.00000256. The minimum Gasteiger partial charge on any atom is -0.343 e. The minimum absolute atomic E-state index is 0. The molecular weight excluding hydrogens is 567 g/mol. The van der Waals surface area contributed by atoms with Crippen LogP contribution in [0.25, 0.3) is 17.1 Å². The topological polar surface area (TPSA) is 56.5 Å². The Labute approximate surface area is 187 Å². The molecule has 4 rings (SSSR count). The smallest absolute Gasteiger partial charge is 0.343 e. The Bertz CT molecular complexity index is 1190. The van der Waals surface area contributed by atoms with Crippen LogP contribution in [-0.2, 0) is 26.5 Å². The van der Waals surface area contributed by atoms with Crippen LogP contribution in [0.1, 0.15) is 30.9 Å². The van der Waals surface area contributed by atoms with Gasteiger partial charge in [0.25, 0.3) is 0 Å². The van der Waals surface area contributed by atoms with E-state index in [4.69, 9.17) is 4.98 Å². The third kappa shape index (κ3) is 4.21. The maximum Gasteiger partial charge on any atom is 2.00 e. The predicted octanol–water partition coefficient (Wildman–Crippen LogP) is 4.23. The van der Waals surface area contributed by atoms with Gasteiger partial charge in [-0.25, -0.2) is 8.78 Å². The van der Waals surface area contributed by atoms with Crippen molar-refractivity contribution in [3.05, 3.63) is 89.8 Å². The number of pyridine rings is 3. The molecule has 30 heavy (non-hydrogen) atoms. The fraction of sp³-hybridized carbons (Fsp3) is 0.182. The summed E-state index contributed by atoms with van der Waals surface area (Å²) in [6, 6.07) is 16.2. The summed E-state index contributed by atoms with van der Waals surface area (Å²) in [5.74, 6) is -1.23. The van der Waals surface area contributed by atoms with Gasteiger partial charge < -0.3 is 9.67 Å². The fourth-order valence-corrected chi connectivity index (χ4v) is 2.98. The van der Waals surface area contributed by atoms with E-state index in [1.165, 1.54) is 0 Å². The van der Waals surface area contributed by atoms with Gasteiger partial charge in [0.15, 0.2) is 0 Å². The standard InChI is InChI=1S/C22H17F2N5.Pt/c1-14-12-13-29(28-14)20-9-5-8-18(26-20)22(2,3)17-7-4-6-16(25-17)15-10-11-19(23)27-21(15)24;/h4-9,11-12H,1-3H3;/q-2;+2. The monoisotopic (exact) mass is 584 g/mol. The van der Waals surface area contributed by atoms with Crippen LogP contribution in [0.2, 0.25) is 0 Å². The predicted molar refractivity (Wildman–Crippen MR) is 103 cm³/mol. The second kappa shape index (κ2) is 8.52. The molecule has 0 fully saturated rings. The molecule has 0 N–H and O–H groups in total. The van der Waals surface area contributed by atoms with Crippen molar-refractivity contribution >= 4 is 0 Å². The number of nitrogens with zero attached hydrogens (tertiary/aromatic N) is 5. The molecule has 0 aliphatic heterocycles. The van der Waals surface area contributed by atoms with Crippen LogP contribution < -0.4 is 0 Å². The van der Waals surface area contributed by atoms with Crippen molar-refractivity contribution in [3.63, 3.8) is 0 Å². The number of rotatable bonds is 4. The summed E-state index contributed by atoms with van der Waals surface area (Å²) < 4.78 is 28.8. The average molecular weight is 584 g/mol. The van der Waals surface area contributed by atoms with E-state index in [2.05, 4.69) is 27.3 Å². The van der Waals surface area contributed by atoms with E-state index >= 15 is 0 Å². The second-order valence-electron chi connectivity index (χ2n) is 7.13. The molecule has 0 aromatic carbocycles. The summed E-state index contributed by atoms with van der Waals surface area (Å²) in [7, 11) is 0. The Morgan fingerprint density at radius 1 is 0.933 bits per heavy atom. The number of aryl methyl sites for hydroxylation is 1.